The van der Waals surface area contributed by atoms with Crippen LogP contribution in [-0.4, -0.2) is 23.7 Å². The molecule has 0 spiro atoms. The number of hydrogen-bond donors (Lipinski definition) is 2. The summed E-state index contributed by atoms with van der Waals surface area (Å²) >= 11 is 0. The first-order valence-corrected chi connectivity index (χ1v) is 7.12. The Labute approximate surface area is 120 Å². The summed E-state index contributed by atoms with van der Waals surface area (Å²) in [5, 5.41) is 11.8. The summed E-state index contributed by atoms with van der Waals surface area (Å²) < 4.78 is 0. The summed E-state index contributed by atoms with van der Waals surface area (Å²) in [6, 6.07) is 5.72. The number of nitrogens with one attached hydrogen (secondary N) is 1. The lowest BCUT2D eigenvalue weighted by atomic mass is 10.0. The minimum Gasteiger partial charge on any atom is -0.384 e. The molecule has 0 bridgehead atoms. The van der Waals surface area contributed by atoms with Gasteiger partial charge in [-0.05, 0) is 43.9 Å². The van der Waals surface area contributed by atoms with Crippen LogP contribution >= 0.6 is 0 Å². The van der Waals surface area contributed by atoms with E-state index in [-0.39, 0.29) is 18.6 Å². The summed E-state index contributed by atoms with van der Waals surface area (Å²) in [6.07, 6.45) is 3.66. The molecule has 3 heteroatoms. The van der Waals surface area contributed by atoms with E-state index < -0.39 is 0 Å². The summed E-state index contributed by atoms with van der Waals surface area (Å²) in [7, 11) is 0. The molecule has 0 aliphatic heterocycles. The molecule has 2 N–H and O–H groups in total. The van der Waals surface area contributed by atoms with Crippen molar-refractivity contribution in [1.82, 2.24) is 5.32 Å². The van der Waals surface area contributed by atoms with E-state index in [1.165, 1.54) is 12.8 Å². The van der Waals surface area contributed by atoms with Crippen LogP contribution in [0.15, 0.2) is 18.2 Å². The third-order valence-electron chi connectivity index (χ3n) is 3.64. The van der Waals surface area contributed by atoms with Gasteiger partial charge in [-0.2, -0.15) is 0 Å². The van der Waals surface area contributed by atoms with Crippen molar-refractivity contribution in [3.63, 3.8) is 0 Å². The normalized spacial score (nSPS) is 15.2. The molecular formula is C17H21NO2. The van der Waals surface area contributed by atoms with Crippen LogP contribution in [0.2, 0.25) is 0 Å². The molecule has 1 aliphatic carbocycles. The van der Waals surface area contributed by atoms with Crippen LogP contribution in [0.4, 0.5) is 0 Å². The Bertz CT molecular complexity index is 550. The lowest BCUT2D eigenvalue weighted by Crippen LogP contribution is -2.33. The van der Waals surface area contributed by atoms with Crippen molar-refractivity contribution in [2.75, 3.05) is 6.61 Å². The van der Waals surface area contributed by atoms with Crippen LogP contribution in [0.25, 0.3) is 0 Å². The van der Waals surface area contributed by atoms with E-state index in [1.807, 2.05) is 25.1 Å². The minimum atomic E-state index is -0.172. The molecule has 20 heavy (non-hydrogen) atoms. The summed E-state index contributed by atoms with van der Waals surface area (Å²) in [4.78, 5) is 12.3. The first-order chi connectivity index (χ1) is 9.61. The third-order valence-corrected chi connectivity index (χ3v) is 3.64. The van der Waals surface area contributed by atoms with Crippen molar-refractivity contribution >= 4 is 5.91 Å². The molecule has 0 heterocycles. The zero-order chi connectivity index (χ0) is 14.5. The second kappa shape index (κ2) is 6.58. The average Bonchev–Trinajstić information content (AvgIpc) is 3.21. The largest absolute Gasteiger partial charge is 0.384 e. The van der Waals surface area contributed by atoms with Gasteiger partial charge < -0.3 is 10.4 Å². The maximum absolute atomic E-state index is 12.3. The lowest BCUT2D eigenvalue weighted by Gasteiger charge is -2.15. The van der Waals surface area contributed by atoms with E-state index in [9.17, 15) is 4.79 Å². The number of carbonyl (C=O) groups excluding carboxylic acids is 1. The van der Waals surface area contributed by atoms with Crippen LogP contribution < -0.4 is 5.32 Å². The Morgan fingerprint density at radius 1 is 1.50 bits per heavy atom. The molecule has 3 nitrogen and oxygen atoms in total. The fourth-order valence-corrected chi connectivity index (χ4v) is 2.37. The van der Waals surface area contributed by atoms with Crippen molar-refractivity contribution in [1.29, 1.82) is 0 Å². The monoisotopic (exact) mass is 271 g/mol. The predicted molar refractivity (Wildman–Crippen MR) is 79.4 cm³/mol. The Morgan fingerprint density at radius 2 is 2.25 bits per heavy atom. The molecule has 1 amide bonds. The van der Waals surface area contributed by atoms with Crippen LogP contribution in [0.1, 0.15) is 47.7 Å². The van der Waals surface area contributed by atoms with Crippen LogP contribution in [0.3, 0.4) is 0 Å². The first-order valence-electron chi connectivity index (χ1n) is 7.12. The van der Waals surface area contributed by atoms with Crippen molar-refractivity contribution in [2.45, 2.75) is 39.2 Å². The van der Waals surface area contributed by atoms with Gasteiger partial charge in [0.1, 0.15) is 6.61 Å². The molecule has 0 aromatic heterocycles. The molecule has 2 rings (SSSR count). The number of benzene rings is 1. The van der Waals surface area contributed by atoms with E-state index in [1.54, 1.807) is 0 Å². The number of amides is 1. The van der Waals surface area contributed by atoms with Gasteiger partial charge in [0.15, 0.2) is 0 Å². The fraction of sp³-hybridized carbons (Fsp3) is 0.471. The molecule has 106 valence electrons. The van der Waals surface area contributed by atoms with E-state index in [0.29, 0.717) is 5.56 Å². The first kappa shape index (κ1) is 14.6. The number of carbonyl (C=O) groups is 1. The molecule has 1 aromatic carbocycles. The van der Waals surface area contributed by atoms with Gasteiger partial charge in [0.2, 0.25) is 0 Å². The second-order valence-electron chi connectivity index (χ2n) is 5.49. The molecule has 0 saturated heterocycles. The van der Waals surface area contributed by atoms with E-state index in [2.05, 4.69) is 24.1 Å². The van der Waals surface area contributed by atoms with Gasteiger partial charge in [-0.25, -0.2) is 0 Å². The van der Waals surface area contributed by atoms with Gasteiger partial charge in [0, 0.05) is 17.2 Å². The smallest absolute Gasteiger partial charge is 0.251 e. The molecule has 1 atom stereocenters. The SMILES string of the molecule is Cc1c(C#CCO)cccc1C(=O)NC(C)CC1CC1. The van der Waals surface area contributed by atoms with Gasteiger partial charge in [0.25, 0.3) is 5.91 Å². The van der Waals surface area contributed by atoms with Gasteiger partial charge in [-0.1, -0.05) is 30.7 Å². The molecular weight excluding hydrogens is 250 g/mol. The highest BCUT2D eigenvalue weighted by Gasteiger charge is 2.24. The summed E-state index contributed by atoms with van der Waals surface area (Å²) in [5.41, 5.74) is 2.32. The number of rotatable bonds is 4. The summed E-state index contributed by atoms with van der Waals surface area (Å²) in [5.74, 6) is 6.25. The van der Waals surface area contributed by atoms with Gasteiger partial charge in [-0.3, -0.25) is 4.79 Å². The Kier molecular flexibility index (Phi) is 4.81. The molecule has 1 aromatic rings. The standard InChI is InChI=1S/C17H21NO2/c1-12(11-14-8-9-14)18-17(20)16-7-3-5-15(13(16)2)6-4-10-19/h3,5,7,12,14,19H,8-11H2,1-2H3,(H,18,20). The van der Waals surface area contributed by atoms with Crippen molar-refractivity contribution in [2.24, 2.45) is 5.92 Å². The van der Waals surface area contributed by atoms with Gasteiger partial charge in [0.05, 0.1) is 0 Å². The number of hydrogen-bond acceptors (Lipinski definition) is 2. The predicted octanol–water partition coefficient (Wildman–Crippen LogP) is 2.26. The molecule has 0 radical (unpaired) electrons. The maximum atomic E-state index is 12.3. The van der Waals surface area contributed by atoms with Crippen molar-refractivity contribution in [3.8, 4) is 11.8 Å². The van der Waals surface area contributed by atoms with Crippen molar-refractivity contribution < 1.29 is 9.90 Å². The Balaban J connectivity index is 2.08. The molecule has 1 aliphatic rings. The Hall–Kier alpha value is -1.79. The topological polar surface area (TPSA) is 49.3 Å². The van der Waals surface area contributed by atoms with Gasteiger partial charge in [-0.15, -0.1) is 0 Å². The van der Waals surface area contributed by atoms with Crippen LogP contribution in [-0.2, 0) is 0 Å². The average molecular weight is 271 g/mol. The maximum Gasteiger partial charge on any atom is 0.251 e. The quantitative estimate of drug-likeness (QED) is 0.825. The second-order valence-corrected chi connectivity index (χ2v) is 5.49. The van der Waals surface area contributed by atoms with Crippen molar-refractivity contribution in [3.05, 3.63) is 34.9 Å². The minimum absolute atomic E-state index is 0.0386. The zero-order valence-electron chi connectivity index (χ0n) is 12.1. The fourth-order valence-electron chi connectivity index (χ4n) is 2.37. The van der Waals surface area contributed by atoms with E-state index in [4.69, 9.17) is 5.11 Å². The highest BCUT2D eigenvalue weighted by molar-refractivity contribution is 5.96. The number of aliphatic hydroxyl groups excluding tert-OH is 1. The van der Waals surface area contributed by atoms with Crippen LogP contribution in [0, 0.1) is 24.7 Å². The summed E-state index contributed by atoms with van der Waals surface area (Å²) in [6.45, 7) is 3.77. The highest BCUT2D eigenvalue weighted by atomic mass is 16.2. The lowest BCUT2D eigenvalue weighted by molar-refractivity contribution is 0.0937. The number of aliphatic hydroxyl groups is 1. The molecule has 1 unspecified atom stereocenters. The Morgan fingerprint density at radius 3 is 2.90 bits per heavy atom. The highest BCUT2D eigenvalue weighted by Crippen LogP contribution is 2.33. The molecule has 1 fully saturated rings. The zero-order valence-corrected chi connectivity index (χ0v) is 12.1. The third kappa shape index (κ3) is 3.85. The van der Waals surface area contributed by atoms with Crippen LogP contribution in [0.5, 0.6) is 0 Å². The van der Waals surface area contributed by atoms with Gasteiger partial charge >= 0.3 is 0 Å². The molecule has 1 saturated carbocycles. The van der Waals surface area contributed by atoms with E-state index in [0.717, 1.165) is 23.5 Å². The van der Waals surface area contributed by atoms with E-state index >= 15 is 0 Å².